The molecule has 0 spiro atoms. The van der Waals surface area contributed by atoms with Gasteiger partial charge in [-0.2, -0.15) is 5.26 Å². The Morgan fingerprint density at radius 2 is 1.86 bits per heavy atom. The Hall–Kier alpha value is -4.85. The highest BCUT2D eigenvalue weighted by Crippen LogP contribution is 2.47. The SMILES string of the molecule is CCC(=O)c1ccc(F)c([C@@H]2CC2NC(=O)Nc2ccc(C#N)cn2)c1OC(=O)c1ccc(NC)nc1. The summed E-state index contributed by atoms with van der Waals surface area (Å²) in [6.45, 7) is 1.65. The van der Waals surface area contributed by atoms with Gasteiger partial charge in [-0.25, -0.2) is 23.9 Å². The van der Waals surface area contributed by atoms with Crippen LogP contribution in [0.5, 0.6) is 5.75 Å². The lowest BCUT2D eigenvalue weighted by Crippen LogP contribution is -2.31. The van der Waals surface area contributed by atoms with Gasteiger partial charge in [0.15, 0.2) is 5.78 Å². The van der Waals surface area contributed by atoms with Crippen LogP contribution in [-0.4, -0.2) is 40.8 Å². The lowest BCUT2D eigenvalue weighted by molar-refractivity contribution is 0.0729. The molecule has 1 saturated carbocycles. The van der Waals surface area contributed by atoms with Crippen LogP contribution >= 0.6 is 0 Å². The van der Waals surface area contributed by atoms with Crippen molar-refractivity contribution >= 4 is 29.4 Å². The number of halogens is 1. The molecule has 2 aromatic heterocycles. The number of carbonyl (C=O) groups is 3. The van der Waals surface area contributed by atoms with E-state index >= 15 is 4.39 Å². The van der Waals surface area contributed by atoms with Crippen molar-refractivity contribution in [2.45, 2.75) is 31.7 Å². The lowest BCUT2D eigenvalue weighted by Gasteiger charge is -2.15. The monoisotopic (exact) mass is 502 g/mol. The minimum Gasteiger partial charge on any atom is -0.422 e. The molecule has 188 valence electrons. The van der Waals surface area contributed by atoms with Gasteiger partial charge < -0.3 is 15.4 Å². The minimum atomic E-state index is -0.790. The Balaban J connectivity index is 1.55. The second-order valence-corrected chi connectivity index (χ2v) is 8.28. The molecule has 2 amide bonds. The molecular weight excluding hydrogens is 479 g/mol. The van der Waals surface area contributed by atoms with Crippen molar-refractivity contribution in [2.75, 3.05) is 17.7 Å². The van der Waals surface area contributed by atoms with Crippen molar-refractivity contribution in [1.29, 1.82) is 5.26 Å². The first kappa shape index (κ1) is 25.2. The number of rotatable bonds is 8. The molecule has 2 atom stereocenters. The third-order valence-electron chi connectivity index (χ3n) is 5.83. The van der Waals surface area contributed by atoms with Gasteiger partial charge in [0.05, 0.1) is 16.7 Å². The minimum absolute atomic E-state index is 0.0502. The van der Waals surface area contributed by atoms with Crippen LogP contribution in [0.1, 0.15) is 57.5 Å². The molecule has 1 aromatic carbocycles. The maximum absolute atomic E-state index is 15.1. The molecule has 0 aliphatic heterocycles. The number of anilines is 2. The standard InChI is InChI=1S/C26H23FN6O4/c1-3-20(34)16-6-7-18(27)23(24(16)37-25(35)15-5-9-21(29-2)31-13-15)17-10-19(17)32-26(36)33-22-8-4-14(11-28)12-30-22/h4-9,12-13,17,19H,3,10H2,1-2H3,(H,29,31)(H2,30,32,33,36)/t17-,19?/m1/s1. The number of esters is 1. The molecule has 2 heterocycles. The Morgan fingerprint density at radius 1 is 1.11 bits per heavy atom. The summed E-state index contributed by atoms with van der Waals surface area (Å²) in [5.74, 6) is -1.64. The van der Waals surface area contributed by atoms with E-state index in [0.29, 0.717) is 17.8 Å². The quantitative estimate of drug-likeness (QED) is 0.238. The third kappa shape index (κ3) is 5.70. The Bertz CT molecular complexity index is 1390. The molecule has 3 aromatic rings. The van der Waals surface area contributed by atoms with E-state index in [4.69, 9.17) is 10.00 Å². The summed E-state index contributed by atoms with van der Waals surface area (Å²) < 4.78 is 20.7. The first-order valence-corrected chi connectivity index (χ1v) is 11.5. The highest BCUT2D eigenvalue weighted by molar-refractivity contribution is 6.01. The number of nitrogens with one attached hydrogen (secondary N) is 3. The molecular formula is C26H23FN6O4. The number of carbonyl (C=O) groups excluding carboxylic acids is 3. The van der Waals surface area contributed by atoms with E-state index in [0.717, 1.165) is 6.07 Å². The molecule has 1 aliphatic carbocycles. The van der Waals surface area contributed by atoms with Crippen LogP contribution < -0.4 is 20.7 Å². The van der Waals surface area contributed by atoms with E-state index in [2.05, 4.69) is 25.9 Å². The van der Waals surface area contributed by atoms with Gasteiger partial charge in [0.1, 0.15) is 29.3 Å². The Labute approximate surface area is 211 Å². The molecule has 1 fully saturated rings. The molecule has 3 N–H and O–H groups in total. The predicted molar refractivity (Wildman–Crippen MR) is 132 cm³/mol. The summed E-state index contributed by atoms with van der Waals surface area (Å²) in [4.78, 5) is 46.0. The van der Waals surface area contributed by atoms with Gasteiger partial charge in [0.25, 0.3) is 0 Å². The van der Waals surface area contributed by atoms with Gasteiger partial charge >= 0.3 is 12.0 Å². The van der Waals surface area contributed by atoms with E-state index in [1.807, 2.05) is 6.07 Å². The number of nitriles is 1. The van der Waals surface area contributed by atoms with Crippen LogP contribution in [0, 0.1) is 17.1 Å². The molecule has 4 rings (SSSR count). The Morgan fingerprint density at radius 3 is 2.49 bits per heavy atom. The van der Waals surface area contributed by atoms with Gasteiger partial charge in [0.2, 0.25) is 0 Å². The highest BCUT2D eigenvalue weighted by atomic mass is 19.1. The number of hydrogen-bond acceptors (Lipinski definition) is 8. The fourth-order valence-corrected chi connectivity index (χ4v) is 3.78. The fourth-order valence-electron chi connectivity index (χ4n) is 3.78. The van der Waals surface area contributed by atoms with Crippen molar-refractivity contribution in [2.24, 2.45) is 0 Å². The average Bonchev–Trinajstić information content (AvgIpc) is 3.66. The number of urea groups is 1. The van der Waals surface area contributed by atoms with E-state index in [1.54, 1.807) is 20.0 Å². The highest BCUT2D eigenvalue weighted by Gasteiger charge is 2.44. The number of ketones is 1. The van der Waals surface area contributed by atoms with Gasteiger partial charge in [-0.1, -0.05) is 6.92 Å². The van der Waals surface area contributed by atoms with Crippen molar-refractivity contribution < 1.29 is 23.5 Å². The van der Waals surface area contributed by atoms with Crippen LogP contribution in [0.2, 0.25) is 0 Å². The number of hydrogen-bond donors (Lipinski definition) is 3. The molecule has 10 nitrogen and oxygen atoms in total. The van der Waals surface area contributed by atoms with Crippen LogP contribution in [0.15, 0.2) is 48.8 Å². The zero-order chi connectivity index (χ0) is 26.5. The second kappa shape index (κ2) is 10.8. The van der Waals surface area contributed by atoms with Crippen molar-refractivity contribution in [3.05, 3.63) is 76.9 Å². The largest absolute Gasteiger partial charge is 0.422 e. The molecule has 37 heavy (non-hydrogen) atoms. The van der Waals surface area contributed by atoms with E-state index < -0.39 is 29.8 Å². The third-order valence-corrected chi connectivity index (χ3v) is 5.83. The van der Waals surface area contributed by atoms with Gasteiger partial charge in [-0.3, -0.25) is 10.1 Å². The number of benzene rings is 1. The second-order valence-electron chi connectivity index (χ2n) is 8.28. The number of amides is 2. The predicted octanol–water partition coefficient (Wildman–Crippen LogP) is 4.02. The van der Waals surface area contributed by atoms with Gasteiger partial charge in [-0.15, -0.1) is 0 Å². The van der Waals surface area contributed by atoms with Crippen LogP contribution in [0.3, 0.4) is 0 Å². The lowest BCUT2D eigenvalue weighted by atomic mass is 10.00. The van der Waals surface area contributed by atoms with Crippen molar-refractivity contribution in [1.82, 2.24) is 15.3 Å². The summed E-state index contributed by atoms with van der Waals surface area (Å²) in [5, 5.41) is 17.0. The van der Waals surface area contributed by atoms with Crippen LogP contribution in [-0.2, 0) is 0 Å². The number of ether oxygens (including phenoxy) is 1. The van der Waals surface area contributed by atoms with E-state index in [1.165, 1.54) is 36.7 Å². The average molecular weight is 503 g/mol. The summed E-state index contributed by atoms with van der Waals surface area (Å²) in [6.07, 6.45) is 3.14. The topological polar surface area (TPSA) is 146 Å². The molecule has 1 unspecified atom stereocenters. The summed E-state index contributed by atoms with van der Waals surface area (Å²) >= 11 is 0. The Kier molecular flexibility index (Phi) is 7.39. The number of Topliss-reactive ketones (excluding diaryl/α,β-unsaturated/α-hetero) is 1. The van der Waals surface area contributed by atoms with Crippen molar-refractivity contribution in [3.8, 4) is 11.8 Å². The number of pyridine rings is 2. The maximum atomic E-state index is 15.1. The normalized spacial score (nSPS) is 15.7. The van der Waals surface area contributed by atoms with E-state index in [-0.39, 0.29) is 40.5 Å². The summed E-state index contributed by atoms with van der Waals surface area (Å²) in [5.41, 5.74) is 0.614. The van der Waals surface area contributed by atoms with E-state index in [9.17, 15) is 14.4 Å². The molecule has 0 bridgehead atoms. The summed E-state index contributed by atoms with van der Waals surface area (Å²) in [6, 6.07) is 9.45. The number of nitrogens with zero attached hydrogens (tertiary/aromatic N) is 3. The molecule has 1 aliphatic rings. The van der Waals surface area contributed by atoms with Gasteiger partial charge in [0, 0.05) is 43.4 Å². The fraction of sp³-hybridized carbons (Fsp3) is 0.231. The zero-order valence-corrected chi connectivity index (χ0v) is 20.0. The molecule has 0 saturated heterocycles. The smallest absolute Gasteiger partial charge is 0.345 e. The van der Waals surface area contributed by atoms with Crippen LogP contribution in [0.25, 0.3) is 0 Å². The zero-order valence-electron chi connectivity index (χ0n) is 20.0. The van der Waals surface area contributed by atoms with Gasteiger partial charge in [-0.05, 0) is 42.8 Å². The summed E-state index contributed by atoms with van der Waals surface area (Å²) in [7, 11) is 1.68. The number of aromatic nitrogens is 2. The molecule has 11 heteroatoms. The molecule has 0 radical (unpaired) electrons. The van der Waals surface area contributed by atoms with Crippen LogP contribution in [0.4, 0.5) is 20.8 Å². The first-order chi connectivity index (χ1) is 17.8. The van der Waals surface area contributed by atoms with Crippen molar-refractivity contribution in [3.63, 3.8) is 0 Å². The maximum Gasteiger partial charge on any atom is 0.345 e. The first-order valence-electron chi connectivity index (χ1n) is 11.5.